The van der Waals surface area contributed by atoms with E-state index in [1.807, 2.05) is 12.1 Å². The molecule has 1 unspecified atom stereocenters. The highest BCUT2D eigenvalue weighted by molar-refractivity contribution is 6.30. The maximum Gasteiger partial charge on any atom is 0.0410 e. The molecule has 0 saturated carbocycles. The van der Waals surface area contributed by atoms with Crippen molar-refractivity contribution in [3.8, 4) is 0 Å². The minimum absolute atomic E-state index is 0.568. The Morgan fingerprint density at radius 2 is 2.25 bits per heavy atom. The highest BCUT2D eigenvalue weighted by Crippen LogP contribution is 2.22. The van der Waals surface area contributed by atoms with Crippen LogP contribution >= 0.6 is 11.6 Å². The molecule has 0 aromatic heterocycles. The molecule has 1 aliphatic rings. The van der Waals surface area contributed by atoms with Crippen LogP contribution in [0.2, 0.25) is 5.02 Å². The fourth-order valence-electron chi connectivity index (χ4n) is 2.29. The van der Waals surface area contributed by atoms with Crippen LogP contribution in [0.3, 0.4) is 0 Å². The first kappa shape index (κ1) is 11.7. The predicted molar refractivity (Wildman–Crippen MR) is 70.3 cm³/mol. The number of nitrogens with zero attached hydrogens (tertiary/aromatic N) is 1. The van der Waals surface area contributed by atoms with Gasteiger partial charge in [0.25, 0.3) is 0 Å². The van der Waals surface area contributed by atoms with E-state index in [0.29, 0.717) is 6.04 Å². The molecule has 2 rings (SSSR count). The van der Waals surface area contributed by atoms with Crippen molar-refractivity contribution >= 4 is 17.3 Å². The van der Waals surface area contributed by atoms with Crippen LogP contribution < -0.4 is 5.32 Å². The number of anilines is 1. The van der Waals surface area contributed by atoms with Crippen LogP contribution in [0.4, 0.5) is 5.69 Å². The number of hydrogen-bond acceptors (Lipinski definition) is 2. The molecule has 1 aromatic rings. The van der Waals surface area contributed by atoms with Gasteiger partial charge in [0, 0.05) is 23.3 Å². The average molecular weight is 239 g/mol. The lowest BCUT2D eigenvalue weighted by Crippen LogP contribution is -2.39. The zero-order chi connectivity index (χ0) is 11.5. The molecule has 0 spiro atoms. The molecule has 0 bridgehead atoms. The standard InChI is InChI=1S/C13H19ClN2/c1-10-8-11(14)5-6-13(10)15-12-4-3-7-16(2)9-12/h5-6,8,12,15H,3-4,7,9H2,1-2H3. The fraction of sp³-hybridized carbons (Fsp3) is 0.538. The summed E-state index contributed by atoms with van der Waals surface area (Å²) < 4.78 is 0. The molecule has 0 aliphatic carbocycles. The molecule has 1 saturated heterocycles. The summed E-state index contributed by atoms with van der Waals surface area (Å²) in [5.74, 6) is 0. The van der Waals surface area contributed by atoms with Gasteiger partial charge in [-0.15, -0.1) is 0 Å². The van der Waals surface area contributed by atoms with Gasteiger partial charge in [0.1, 0.15) is 0 Å². The van der Waals surface area contributed by atoms with Crippen molar-refractivity contribution in [2.45, 2.75) is 25.8 Å². The van der Waals surface area contributed by atoms with Crippen molar-refractivity contribution < 1.29 is 0 Å². The Hall–Kier alpha value is -0.730. The van der Waals surface area contributed by atoms with Crippen molar-refractivity contribution in [3.05, 3.63) is 28.8 Å². The number of nitrogens with one attached hydrogen (secondary N) is 1. The summed E-state index contributed by atoms with van der Waals surface area (Å²) in [7, 11) is 2.18. The molecule has 1 aromatic carbocycles. The van der Waals surface area contributed by atoms with Gasteiger partial charge < -0.3 is 10.2 Å². The van der Waals surface area contributed by atoms with Gasteiger partial charge in [-0.3, -0.25) is 0 Å². The van der Waals surface area contributed by atoms with Crippen LogP contribution in [0.5, 0.6) is 0 Å². The molecular formula is C13H19ClN2. The summed E-state index contributed by atoms with van der Waals surface area (Å²) in [6.07, 6.45) is 2.53. The fourth-order valence-corrected chi connectivity index (χ4v) is 2.52. The normalized spacial score (nSPS) is 22.1. The number of rotatable bonds is 2. The van der Waals surface area contributed by atoms with E-state index in [4.69, 9.17) is 11.6 Å². The van der Waals surface area contributed by atoms with Crippen LogP contribution in [0.15, 0.2) is 18.2 Å². The van der Waals surface area contributed by atoms with Gasteiger partial charge in [-0.25, -0.2) is 0 Å². The number of piperidine rings is 1. The molecule has 0 amide bonds. The minimum atomic E-state index is 0.568. The third-order valence-corrected chi connectivity index (χ3v) is 3.41. The SMILES string of the molecule is Cc1cc(Cl)ccc1NC1CCCN(C)C1. The zero-order valence-electron chi connectivity index (χ0n) is 9.96. The van der Waals surface area contributed by atoms with Gasteiger partial charge in [-0.2, -0.15) is 0 Å². The van der Waals surface area contributed by atoms with Crippen LogP contribution in [0, 0.1) is 6.92 Å². The van der Waals surface area contributed by atoms with Gasteiger partial charge in [-0.05, 0) is 57.1 Å². The molecule has 1 atom stereocenters. The molecule has 2 nitrogen and oxygen atoms in total. The number of likely N-dealkylation sites (tertiary alicyclic amines) is 1. The molecule has 1 N–H and O–H groups in total. The maximum atomic E-state index is 5.95. The molecule has 1 heterocycles. The Kier molecular flexibility index (Phi) is 3.72. The summed E-state index contributed by atoms with van der Waals surface area (Å²) in [6, 6.07) is 6.60. The Morgan fingerprint density at radius 3 is 2.94 bits per heavy atom. The van der Waals surface area contributed by atoms with Crippen molar-refractivity contribution in [2.24, 2.45) is 0 Å². The van der Waals surface area contributed by atoms with Crippen molar-refractivity contribution in [3.63, 3.8) is 0 Å². The van der Waals surface area contributed by atoms with Crippen LogP contribution in [0.25, 0.3) is 0 Å². The first-order chi connectivity index (χ1) is 7.65. The number of benzene rings is 1. The summed E-state index contributed by atoms with van der Waals surface area (Å²) in [6.45, 7) is 4.45. The first-order valence-electron chi connectivity index (χ1n) is 5.86. The average Bonchev–Trinajstić information content (AvgIpc) is 2.22. The highest BCUT2D eigenvalue weighted by atomic mass is 35.5. The van der Waals surface area contributed by atoms with Gasteiger partial charge in [-0.1, -0.05) is 11.6 Å². The quantitative estimate of drug-likeness (QED) is 0.852. The second kappa shape index (κ2) is 5.07. The van der Waals surface area contributed by atoms with E-state index in [1.165, 1.54) is 30.6 Å². The highest BCUT2D eigenvalue weighted by Gasteiger charge is 2.17. The summed E-state index contributed by atoms with van der Waals surface area (Å²) in [5.41, 5.74) is 2.44. The molecule has 1 aliphatic heterocycles. The van der Waals surface area contributed by atoms with Crippen LogP contribution in [-0.2, 0) is 0 Å². The van der Waals surface area contributed by atoms with E-state index < -0.39 is 0 Å². The Morgan fingerprint density at radius 1 is 1.44 bits per heavy atom. The van der Waals surface area contributed by atoms with Gasteiger partial charge in [0.15, 0.2) is 0 Å². The van der Waals surface area contributed by atoms with E-state index >= 15 is 0 Å². The summed E-state index contributed by atoms with van der Waals surface area (Å²) in [5, 5.41) is 4.42. The van der Waals surface area contributed by atoms with Crippen molar-refractivity contribution in [1.82, 2.24) is 4.90 Å². The third-order valence-electron chi connectivity index (χ3n) is 3.17. The second-order valence-electron chi connectivity index (χ2n) is 4.70. The lowest BCUT2D eigenvalue weighted by Gasteiger charge is -2.31. The topological polar surface area (TPSA) is 15.3 Å². The van der Waals surface area contributed by atoms with E-state index in [0.717, 1.165) is 11.6 Å². The smallest absolute Gasteiger partial charge is 0.0410 e. The van der Waals surface area contributed by atoms with Crippen molar-refractivity contribution in [2.75, 3.05) is 25.5 Å². The van der Waals surface area contributed by atoms with Gasteiger partial charge in [0.05, 0.1) is 0 Å². The number of likely N-dealkylation sites (N-methyl/N-ethyl adjacent to an activating group) is 1. The molecular weight excluding hydrogens is 220 g/mol. The number of halogens is 1. The first-order valence-corrected chi connectivity index (χ1v) is 6.24. The van der Waals surface area contributed by atoms with E-state index in [2.05, 4.69) is 30.3 Å². The van der Waals surface area contributed by atoms with E-state index in [1.54, 1.807) is 0 Å². The molecule has 0 radical (unpaired) electrons. The molecule has 16 heavy (non-hydrogen) atoms. The second-order valence-corrected chi connectivity index (χ2v) is 5.14. The molecule has 88 valence electrons. The van der Waals surface area contributed by atoms with Gasteiger partial charge in [0.2, 0.25) is 0 Å². The van der Waals surface area contributed by atoms with Crippen LogP contribution in [0.1, 0.15) is 18.4 Å². The third kappa shape index (κ3) is 2.89. The summed E-state index contributed by atoms with van der Waals surface area (Å²) >= 11 is 5.95. The van der Waals surface area contributed by atoms with Gasteiger partial charge >= 0.3 is 0 Å². The Labute approximate surface area is 103 Å². The van der Waals surface area contributed by atoms with Crippen molar-refractivity contribution in [1.29, 1.82) is 0 Å². The minimum Gasteiger partial charge on any atom is -0.381 e. The van der Waals surface area contributed by atoms with E-state index in [-0.39, 0.29) is 0 Å². The monoisotopic (exact) mass is 238 g/mol. The number of aryl methyl sites for hydroxylation is 1. The zero-order valence-corrected chi connectivity index (χ0v) is 10.7. The lowest BCUT2D eigenvalue weighted by molar-refractivity contribution is 0.261. The number of hydrogen-bond donors (Lipinski definition) is 1. The Balaban J connectivity index is 2.02. The van der Waals surface area contributed by atoms with Crippen LogP contribution in [-0.4, -0.2) is 31.1 Å². The summed E-state index contributed by atoms with van der Waals surface area (Å²) in [4.78, 5) is 2.38. The predicted octanol–water partition coefficient (Wildman–Crippen LogP) is 3.15. The molecule has 1 fully saturated rings. The lowest BCUT2D eigenvalue weighted by atomic mass is 10.1. The maximum absolute atomic E-state index is 5.95. The Bertz CT molecular complexity index is 365. The van der Waals surface area contributed by atoms with E-state index in [9.17, 15) is 0 Å². The molecule has 3 heteroatoms. The largest absolute Gasteiger partial charge is 0.381 e.